The maximum Gasteiger partial charge on any atom is 0.184 e. The van der Waals surface area contributed by atoms with Crippen LogP contribution in [0.4, 0.5) is 0 Å². The van der Waals surface area contributed by atoms with Gasteiger partial charge in [0.25, 0.3) is 0 Å². The van der Waals surface area contributed by atoms with Crippen LogP contribution in [-0.4, -0.2) is 5.90 Å². The molecule has 0 atom stereocenters. The van der Waals surface area contributed by atoms with Crippen LogP contribution >= 0.6 is 0 Å². The first-order chi connectivity index (χ1) is 4.70. The first-order valence-corrected chi connectivity index (χ1v) is 2.89. The molecule has 0 saturated heterocycles. The minimum Gasteiger partial charge on any atom is -0.444 e. The summed E-state index contributed by atoms with van der Waals surface area (Å²) in [7, 11) is 0. The van der Waals surface area contributed by atoms with Gasteiger partial charge in [0.05, 0.1) is 0 Å². The van der Waals surface area contributed by atoms with E-state index in [1.54, 1.807) is 19.1 Å². The summed E-state index contributed by atoms with van der Waals surface area (Å²) in [5.74, 6) is 0.690. The quantitative estimate of drug-likeness (QED) is 0.275. The Hall–Kier alpha value is -1.31. The zero-order valence-electron chi connectivity index (χ0n) is 6.05. The highest BCUT2D eigenvalue weighted by atomic mass is 16.5. The Morgan fingerprint density at radius 1 is 1.50 bits per heavy atom. The van der Waals surface area contributed by atoms with Crippen LogP contribution in [0.2, 0.25) is 0 Å². The van der Waals surface area contributed by atoms with Crippen molar-refractivity contribution in [2.24, 2.45) is 0 Å². The SMILES string of the molecule is C=C/C=C(\C=C)OC(C)=N. The van der Waals surface area contributed by atoms with Crippen LogP contribution in [0.3, 0.4) is 0 Å². The second-order valence-electron chi connectivity index (χ2n) is 1.67. The van der Waals surface area contributed by atoms with E-state index in [-0.39, 0.29) is 5.90 Å². The van der Waals surface area contributed by atoms with E-state index in [1.807, 2.05) is 0 Å². The lowest BCUT2D eigenvalue weighted by Gasteiger charge is -2.00. The Kier molecular flexibility index (Phi) is 3.96. The summed E-state index contributed by atoms with van der Waals surface area (Å²) in [5, 5.41) is 6.96. The molecule has 0 heterocycles. The molecule has 0 rings (SSSR count). The van der Waals surface area contributed by atoms with Crippen molar-refractivity contribution in [2.75, 3.05) is 0 Å². The fourth-order valence-corrected chi connectivity index (χ4v) is 0.437. The van der Waals surface area contributed by atoms with E-state index in [0.717, 1.165) is 0 Å². The van der Waals surface area contributed by atoms with Gasteiger partial charge in [-0.05, 0) is 12.2 Å². The Labute approximate surface area is 61.0 Å². The van der Waals surface area contributed by atoms with Crippen molar-refractivity contribution in [1.82, 2.24) is 0 Å². The van der Waals surface area contributed by atoms with E-state index in [1.165, 1.54) is 6.08 Å². The maximum absolute atomic E-state index is 6.96. The van der Waals surface area contributed by atoms with Gasteiger partial charge in [-0.3, -0.25) is 5.41 Å². The van der Waals surface area contributed by atoms with E-state index in [4.69, 9.17) is 10.1 Å². The molecular weight excluding hydrogens is 126 g/mol. The molecule has 0 aliphatic rings. The van der Waals surface area contributed by atoms with Crippen LogP contribution in [0, 0.1) is 5.41 Å². The Morgan fingerprint density at radius 2 is 2.10 bits per heavy atom. The van der Waals surface area contributed by atoms with Crippen molar-refractivity contribution in [3.63, 3.8) is 0 Å². The molecule has 1 N–H and O–H groups in total. The van der Waals surface area contributed by atoms with Crippen molar-refractivity contribution < 1.29 is 4.74 Å². The van der Waals surface area contributed by atoms with Gasteiger partial charge >= 0.3 is 0 Å². The minimum absolute atomic E-state index is 0.146. The third-order valence-corrected chi connectivity index (χ3v) is 0.754. The topological polar surface area (TPSA) is 33.1 Å². The van der Waals surface area contributed by atoms with Crippen molar-refractivity contribution in [1.29, 1.82) is 5.41 Å². The van der Waals surface area contributed by atoms with Crippen LogP contribution in [0.25, 0.3) is 0 Å². The van der Waals surface area contributed by atoms with E-state index in [0.29, 0.717) is 5.76 Å². The lowest BCUT2D eigenvalue weighted by atomic mass is 10.4. The predicted octanol–water partition coefficient (Wildman–Crippen LogP) is 2.26. The first-order valence-electron chi connectivity index (χ1n) is 2.89. The molecule has 0 aromatic carbocycles. The highest BCUT2D eigenvalue weighted by molar-refractivity contribution is 5.70. The first kappa shape index (κ1) is 8.69. The van der Waals surface area contributed by atoms with Gasteiger partial charge < -0.3 is 4.74 Å². The zero-order chi connectivity index (χ0) is 7.98. The molecule has 0 aliphatic carbocycles. The van der Waals surface area contributed by atoms with Gasteiger partial charge in [-0.15, -0.1) is 0 Å². The van der Waals surface area contributed by atoms with Crippen LogP contribution < -0.4 is 0 Å². The van der Waals surface area contributed by atoms with E-state index >= 15 is 0 Å². The van der Waals surface area contributed by atoms with Crippen LogP contribution in [0.15, 0.2) is 37.1 Å². The molecule has 2 heteroatoms. The number of allylic oxidation sites excluding steroid dienone is 3. The van der Waals surface area contributed by atoms with Gasteiger partial charge in [-0.25, -0.2) is 0 Å². The van der Waals surface area contributed by atoms with Gasteiger partial charge in [0, 0.05) is 6.92 Å². The van der Waals surface area contributed by atoms with Crippen LogP contribution in [0.5, 0.6) is 0 Å². The van der Waals surface area contributed by atoms with Crippen molar-refractivity contribution in [3.05, 3.63) is 37.1 Å². The summed E-state index contributed by atoms with van der Waals surface area (Å²) in [5.41, 5.74) is 0. The summed E-state index contributed by atoms with van der Waals surface area (Å²) in [6.45, 7) is 8.53. The normalized spacial score (nSPS) is 10.3. The summed E-state index contributed by atoms with van der Waals surface area (Å²) >= 11 is 0. The van der Waals surface area contributed by atoms with Gasteiger partial charge in [0.2, 0.25) is 0 Å². The standard InChI is InChI=1S/C8H11NO/c1-4-6-8(5-2)10-7(3)9/h4-6,9H,1-2H2,3H3/b8-6+,9-7?. The van der Waals surface area contributed by atoms with Gasteiger partial charge in [0.1, 0.15) is 5.76 Å². The highest BCUT2D eigenvalue weighted by Gasteiger charge is 1.90. The van der Waals surface area contributed by atoms with Crippen LogP contribution in [-0.2, 0) is 4.74 Å². The summed E-state index contributed by atoms with van der Waals surface area (Å²) < 4.78 is 4.89. The molecule has 54 valence electrons. The fourth-order valence-electron chi connectivity index (χ4n) is 0.437. The maximum atomic E-state index is 6.96. The lowest BCUT2D eigenvalue weighted by molar-refractivity contribution is 0.427. The van der Waals surface area contributed by atoms with E-state index in [9.17, 15) is 0 Å². The molecule has 0 aromatic rings. The van der Waals surface area contributed by atoms with Crippen molar-refractivity contribution in [3.8, 4) is 0 Å². The number of rotatable bonds is 3. The molecule has 0 aliphatic heterocycles. The van der Waals surface area contributed by atoms with Gasteiger partial charge in [-0.1, -0.05) is 19.2 Å². The van der Waals surface area contributed by atoms with Crippen LogP contribution in [0.1, 0.15) is 6.92 Å². The summed E-state index contributed by atoms with van der Waals surface area (Å²) in [6.07, 6.45) is 4.75. The molecular formula is C8H11NO. The molecule has 0 unspecified atom stereocenters. The number of hydrogen-bond donors (Lipinski definition) is 1. The molecule has 0 aromatic heterocycles. The Bertz CT molecular complexity index is 180. The molecule has 0 amide bonds. The third-order valence-electron chi connectivity index (χ3n) is 0.754. The average Bonchev–Trinajstić information content (AvgIpc) is 1.86. The smallest absolute Gasteiger partial charge is 0.184 e. The summed E-state index contributed by atoms with van der Waals surface area (Å²) in [6, 6.07) is 0. The molecule has 2 nitrogen and oxygen atoms in total. The largest absolute Gasteiger partial charge is 0.444 e. The lowest BCUT2D eigenvalue weighted by Crippen LogP contribution is -1.94. The number of hydrogen-bond acceptors (Lipinski definition) is 2. The summed E-state index contributed by atoms with van der Waals surface area (Å²) in [4.78, 5) is 0. The number of nitrogens with one attached hydrogen (secondary N) is 1. The second-order valence-corrected chi connectivity index (χ2v) is 1.67. The predicted molar refractivity (Wildman–Crippen MR) is 43.0 cm³/mol. The third kappa shape index (κ3) is 3.66. The minimum atomic E-state index is 0.146. The number of ether oxygens (including phenoxy) is 1. The van der Waals surface area contributed by atoms with E-state index < -0.39 is 0 Å². The van der Waals surface area contributed by atoms with Crippen molar-refractivity contribution in [2.45, 2.75) is 6.92 Å². The fraction of sp³-hybridized carbons (Fsp3) is 0.125. The molecule has 0 spiro atoms. The van der Waals surface area contributed by atoms with Gasteiger partial charge in [0.15, 0.2) is 5.90 Å². The highest BCUT2D eigenvalue weighted by Crippen LogP contribution is 1.98. The Balaban J connectivity index is 4.08. The molecule has 10 heavy (non-hydrogen) atoms. The van der Waals surface area contributed by atoms with Crippen molar-refractivity contribution >= 4 is 5.90 Å². The average molecular weight is 137 g/mol. The van der Waals surface area contributed by atoms with Gasteiger partial charge in [-0.2, -0.15) is 0 Å². The monoisotopic (exact) mass is 137 g/mol. The second kappa shape index (κ2) is 4.56. The molecule has 0 radical (unpaired) electrons. The molecule has 0 saturated carbocycles. The Morgan fingerprint density at radius 3 is 2.40 bits per heavy atom. The van der Waals surface area contributed by atoms with E-state index in [2.05, 4.69) is 13.2 Å². The zero-order valence-corrected chi connectivity index (χ0v) is 6.05. The molecule has 0 bridgehead atoms. The molecule has 0 fully saturated rings.